The Morgan fingerprint density at radius 2 is 2.00 bits per heavy atom. The molecule has 0 saturated carbocycles. The molecule has 2 aromatic carbocycles. The highest BCUT2D eigenvalue weighted by molar-refractivity contribution is 7.21. The van der Waals surface area contributed by atoms with E-state index in [4.69, 9.17) is 4.74 Å². The Morgan fingerprint density at radius 3 is 2.73 bits per heavy atom. The van der Waals surface area contributed by atoms with Crippen LogP contribution in [-0.2, 0) is 0 Å². The Morgan fingerprint density at radius 1 is 1.23 bits per heavy atom. The number of nitrogens with one attached hydrogen (secondary N) is 1. The maximum Gasteiger partial charge on any atom is 0.266 e. The fraction of sp³-hybridized carbons (Fsp3) is 0.118. The maximum absolute atomic E-state index is 13.2. The van der Waals surface area contributed by atoms with Crippen molar-refractivity contribution in [3.05, 3.63) is 58.7 Å². The largest absolute Gasteiger partial charge is 0.494 e. The minimum atomic E-state index is -0.409. The van der Waals surface area contributed by atoms with Gasteiger partial charge in [-0.3, -0.25) is 4.79 Å². The Kier molecular flexibility index (Phi) is 3.81. The third-order valence-corrected chi connectivity index (χ3v) is 4.73. The van der Waals surface area contributed by atoms with E-state index < -0.39 is 5.82 Å². The van der Waals surface area contributed by atoms with Gasteiger partial charge in [0.1, 0.15) is 11.6 Å². The van der Waals surface area contributed by atoms with Crippen molar-refractivity contribution in [3.63, 3.8) is 0 Å². The monoisotopic (exact) mass is 315 g/mol. The average Bonchev–Trinajstić information content (AvgIpc) is 2.86. The van der Waals surface area contributed by atoms with E-state index in [9.17, 15) is 9.18 Å². The molecule has 3 rings (SSSR count). The van der Waals surface area contributed by atoms with Gasteiger partial charge >= 0.3 is 0 Å². The molecule has 0 aliphatic rings. The van der Waals surface area contributed by atoms with Gasteiger partial charge in [-0.2, -0.15) is 0 Å². The van der Waals surface area contributed by atoms with E-state index in [1.165, 1.54) is 36.6 Å². The van der Waals surface area contributed by atoms with Gasteiger partial charge in [-0.1, -0.05) is 18.2 Å². The van der Waals surface area contributed by atoms with Gasteiger partial charge in [-0.25, -0.2) is 4.39 Å². The fourth-order valence-electron chi connectivity index (χ4n) is 2.34. The number of fused-ring (bicyclic) bond motifs is 1. The number of thiophene rings is 1. The minimum absolute atomic E-state index is 0.219. The summed E-state index contributed by atoms with van der Waals surface area (Å²) >= 11 is 1.44. The number of hydrogen-bond acceptors (Lipinski definition) is 3. The van der Waals surface area contributed by atoms with Gasteiger partial charge in [-0.05, 0) is 36.1 Å². The first kappa shape index (κ1) is 14.5. The van der Waals surface area contributed by atoms with E-state index in [0.717, 1.165) is 15.6 Å². The van der Waals surface area contributed by atoms with Crippen molar-refractivity contribution in [1.82, 2.24) is 0 Å². The van der Waals surface area contributed by atoms with Crippen LogP contribution >= 0.6 is 11.3 Å². The predicted molar refractivity (Wildman–Crippen MR) is 87.5 cm³/mol. The number of carbonyl (C=O) groups is 1. The highest BCUT2D eigenvalue weighted by Gasteiger charge is 2.17. The van der Waals surface area contributed by atoms with Gasteiger partial charge in [-0.15, -0.1) is 11.3 Å². The topological polar surface area (TPSA) is 38.3 Å². The normalized spacial score (nSPS) is 10.7. The van der Waals surface area contributed by atoms with Crippen LogP contribution in [0.2, 0.25) is 0 Å². The molecule has 0 spiro atoms. The lowest BCUT2D eigenvalue weighted by atomic mass is 10.1. The molecule has 5 heteroatoms. The summed E-state index contributed by atoms with van der Waals surface area (Å²) in [6.07, 6.45) is 0. The third-order valence-electron chi connectivity index (χ3n) is 3.46. The van der Waals surface area contributed by atoms with Crippen molar-refractivity contribution in [2.24, 2.45) is 0 Å². The zero-order chi connectivity index (χ0) is 15.7. The van der Waals surface area contributed by atoms with Crippen LogP contribution in [0.5, 0.6) is 5.75 Å². The second kappa shape index (κ2) is 5.77. The van der Waals surface area contributed by atoms with Crippen LogP contribution in [0, 0.1) is 12.7 Å². The molecule has 1 heterocycles. The molecule has 0 unspecified atom stereocenters. The molecule has 1 N–H and O–H groups in total. The molecule has 0 atom stereocenters. The fourth-order valence-corrected chi connectivity index (χ4v) is 3.44. The number of ether oxygens (including phenoxy) is 1. The van der Waals surface area contributed by atoms with E-state index in [2.05, 4.69) is 5.32 Å². The molecule has 1 aromatic heterocycles. The number of benzene rings is 2. The quantitative estimate of drug-likeness (QED) is 0.766. The average molecular weight is 315 g/mol. The number of halogens is 1. The first-order chi connectivity index (χ1) is 10.6. The zero-order valence-corrected chi connectivity index (χ0v) is 13.0. The number of hydrogen-bond donors (Lipinski definition) is 1. The van der Waals surface area contributed by atoms with Gasteiger partial charge in [0.2, 0.25) is 0 Å². The third kappa shape index (κ3) is 2.55. The summed E-state index contributed by atoms with van der Waals surface area (Å²) in [5.41, 5.74) is 1.39. The molecular formula is C17H14FNO2S. The van der Waals surface area contributed by atoms with Crippen LogP contribution < -0.4 is 10.1 Å². The molecule has 3 nitrogen and oxygen atoms in total. The summed E-state index contributed by atoms with van der Waals surface area (Å²) in [6, 6.07) is 11.9. The predicted octanol–water partition coefficient (Wildman–Crippen LogP) is 4.61. The lowest BCUT2D eigenvalue weighted by Crippen LogP contribution is -2.12. The molecule has 0 saturated heterocycles. The van der Waals surface area contributed by atoms with E-state index in [1.807, 2.05) is 31.2 Å². The molecule has 0 radical (unpaired) electrons. The Balaban J connectivity index is 1.95. The second-order valence-corrected chi connectivity index (χ2v) is 5.90. The lowest BCUT2D eigenvalue weighted by molar-refractivity contribution is 0.102. The number of carbonyl (C=O) groups excluding carboxylic acids is 1. The molecule has 0 bridgehead atoms. The number of rotatable bonds is 3. The van der Waals surface area contributed by atoms with E-state index in [-0.39, 0.29) is 5.91 Å². The Labute approximate surface area is 131 Å². The summed E-state index contributed by atoms with van der Waals surface area (Å²) in [4.78, 5) is 13.2. The second-order valence-electron chi connectivity index (χ2n) is 4.85. The summed E-state index contributed by atoms with van der Waals surface area (Å²) in [5.74, 6) is -0.330. The minimum Gasteiger partial charge on any atom is -0.494 e. The number of methoxy groups -OCH3 is 1. The molecule has 0 fully saturated rings. The maximum atomic E-state index is 13.2. The highest BCUT2D eigenvalue weighted by atomic mass is 32.1. The summed E-state index contributed by atoms with van der Waals surface area (Å²) in [6.45, 7) is 1.93. The molecule has 1 amide bonds. The van der Waals surface area contributed by atoms with Crippen molar-refractivity contribution in [2.75, 3.05) is 12.4 Å². The molecule has 0 aliphatic heterocycles. The summed E-state index contributed by atoms with van der Waals surface area (Å²) in [5, 5.41) is 3.86. The lowest BCUT2D eigenvalue weighted by Gasteiger charge is -2.09. The Hall–Kier alpha value is -2.40. The van der Waals surface area contributed by atoms with Gasteiger partial charge in [0.15, 0.2) is 0 Å². The van der Waals surface area contributed by atoms with Gasteiger partial charge in [0.25, 0.3) is 5.91 Å². The first-order valence-corrected chi connectivity index (χ1v) is 7.55. The van der Waals surface area contributed by atoms with Gasteiger partial charge in [0.05, 0.1) is 17.7 Å². The number of aryl methyl sites for hydroxylation is 1. The molecule has 0 aliphatic carbocycles. The molecule has 22 heavy (non-hydrogen) atoms. The van der Waals surface area contributed by atoms with Crippen molar-refractivity contribution >= 4 is 33.0 Å². The highest BCUT2D eigenvalue weighted by Crippen LogP contribution is 2.32. The van der Waals surface area contributed by atoms with Crippen LogP contribution in [0.1, 0.15) is 15.2 Å². The van der Waals surface area contributed by atoms with Gasteiger partial charge in [0, 0.05) is 10.8 Å². The number of anilines is 1. The first-order valence-electron chi connectivity index (χ1n) is 6.73. The van der Waals surface area contributed by atoms with E-state index >= 15 is 0 Å². The van der Waals surface area contributed by atoms with Crippen molar-refractivity contribution in [1.29, 1.82) is 0 Å². The SMILES string of the molecule is COc1cc(F)ccc1NC(=O)c1sc2ccccc2c1C. The molecular weight excluding hydrogens is 301 g/mol. The smallest absolute Gasteiger partial charge is 0.266 e. The van der Waals surface area contributed by atoms with Crippen LogP contribution in [0.25, 0.3) is 10.1 Å². The number of amides is 1. The summed E-state index contributed by atoms with van der Waals surface area (Å²) < 4.78 is 19.4. The van der Waals surface area contributed by atoms with E-state index in [0.29, 0.717) is 16.3 Å². The van der Waals surface area contributed by atoms with Crippen LogP contribution in [0.3, 0.4) is 0 Å². The van der Waals surface area contributed by atoms with Crippen LogP contribution in [0.4, 0.5) is 10.1 Å². The molecule has 3 aromatic rings. The van der Waals surface area contributed by atoms with Crippen molar-refractivity contribution in [2.45, 2.75) is 6.92 Å². The van der Waals surface area contributed by atoms with Gasteiger partial charge < -0.3 is 10.1 Å². The zero-order valence-electron chi connectivity index (χ0n) is 12.1. The van der Waals surface area contributed by atoms with Crippen LogP contribution in [0.15, 0.2) is 42.5 Å². The van der Waals surface area contributed by atoms with Crippen molar-refractivity contribution in [3.8, 4) is 5.75 Å². The summed E-state index contributed by atoms with van der Waals surface area (Å²) in [7, 11) is 1.44. The molecule has 112 valence electrons. The standard InChI is InChI=1S/C17H14FNO2S/c1-10-12-5-3-4-6-15(12)22-16(10)17(20)19-13-8-7-11(18)9-14(13)21-2/h3-9H,1-2H3,(H,19,20). The van der Waals surface area contributed by atoms with Crippen molar-refractivity contribution < 1.29 is 13.9 Å². The van der Waals surface area contributed by atoms with E-state index in [1.54, 1.807) is 0 Å². The Bertz CT molecular complexity index is 857. The van der Waals surface area contributed by atoms with Crippen LogP contribution in [-0.4, -0.2) is 13.0 Å².